The molecule has 1 aromatic carbocycles. The molecule has 20 heavy (non-hydrogen) atoms. The lowest BCUT2D eigenvalue weighted by Gasteiger charge is -2.35. The first-order chi connectivity index (χ1) is 9.61. The number of ether oxygens (including phenoxy) is 2. The van der Waals surface area contributed by atoms with Crippen LogP contribution in [0.2, 0.25) is 0 Å². The first-order valence-corrected chi connectivity index (χ1v) is 7.12. The van der Waals surface area contributed by atoms with E-state index in [1.807, 2.05) is 25.2 Å². The van der Waals surface area contributed by atoms with E-state index in [9.17, 15) is 4.79 Å². The number of carbonyl (C=O) groups is 1. The van der Waals surface area contributed by atoms with Crippen molar-refractivity contribution in [3.8, 4) is 0 Å². The molecule has 0 aliphatic carbocycles. The highest BCUT2D eigenvalue weighted by Crippen LogP contribution is 2.28. The number of benzene rings is 1. The Morgan fingerprint density at radius 3 is 2.50 bits per heavy atom. The predicted molar refractivity (Wildman–Crippen MR) is 77.4 cm³/mol. The molecule has 4 nitrogen and oxygen atoms in total. The Morgan fingerprint density at radius 2 is 1.95 bits per heavy atom. The lowest BCUT2D eigenvalue weighted by atomic mass is 9.94. The maximum Gasteiger partial charge on any atom is 0.254 e. The van der Waals surface area contributed by atoms with Crippen LogP contribution in [0.25, 0.3) is 0 Å². The molecule has 0 aromatic heterocycles. The Bertz CT molecular complexity index is 427. The van der Waals surface area contributed by atoms with Crippen LogP contribution in [0.15, 0.2) is 30.3 Å². The number of nitrogens with zero attached hydrogens (tertiary/aromatic N) is 1. The van der Waals surface area contributed by atoms with E-state index >= 15 is 0 Å². The Balaban J connectivity index is 2.14. The lowest BCUT2D eigenvalue weighted by molar-refractivity contribution is -0.159. The summed E-state index contributed by atoms with van der Waals surface area (Å²) in [5.74, 6) is 0.322. The molecule has 2 rings (SSSR count). The van der Waals surface area contributed by atoms with Gasteiger partial charge in [-0.05, 0) is 11.5 Å². The average molecular weight is 277 g/mol. The van der Waals surface area contributed by atoms with Gasteiger partial charge < -0.3 is 14.4 Å². The van der Waals surface area contributed by atoms with Crippen LogP contribution in [0.4, 0.5) is 0 Å². The van der Waals surface area contributed by atoms with Crippen molar-refractivity contribution in [3.63, 3.8) is 0 Å². The molecule has 4 heteroatoms. The van der Waals surface area contributed by atoms with Crippen LogP contribution in [-0.4, -0.2) is 43.8 Å². The molecular formula is C16H23NO3. The third-order valence-electron chi connectivity index (χ3n) is 3.63. The van der Waals surface area contributed by atoms with E-state index in [0.717, 1.165) is 5.56 Å². The molecule has 1 aliphatic rings. The molecule has 1 aromatic rings. The monoisotopic (exact) mass is 277 g/mol. The molecule has 1 fully saturated rings. The van der Waals surface area contributed by atoms with Crippen molar-refractivity contribution in [2.24, 2.45) is 5.92 Å². The minimum atomic E-state index is -0.473. The molecule has 1 amide bonds. The van der Waals surface area contributed by atoms with Gasteiger partial charge in [-0.2, -0.15) is 0 Å². The second-order valence-corrected chi connectivity index (χ2v) is 5.48. The number of rotatable bonds is 4. The quantitative estimate of drug-likeness (QED) is 0.847. The van der Waals surface area contributed by atoms with Crippen molar-refractivity contribution in [3.05, 3.63) is 35.9 Å². The summed E-state index contributed by atoms with van der Waals surface area (Å²) in [6, 6.07) is 10.2. The smallest absolute Gasteiger partial charge is 0.254 e. The van der Waals surface area contributed by atoms with Crippen LogP contribution in [0.5, 0.6) is 0 Å². The van der Waals surface area contributed by atoms with E-state index in [2.05, 4.69) is 26.0 Å². The second kappa shape index (κ2) is 6.86. The number of carbonyl (C=O) groups excluding carboxylic acids is 1. The molecule has 110 valence electrons. The minimum Gasteiger partial charge on any atom is -0.376 e. The van der Waals surface area contributed by atoms with Crippen LogP contribution in [0.3, 0.4) is 0 Å². The Labute approximate surface area is 120 Å². The maximum atomic E-state index is 12.5. The van der Waals surface area contributed by atoms with Gasteiger partial charge in [-0.25, -0.2) is 0 Å². The minimum absolute atomic E-state index is 0.00717. The molecule has 1 saturated heterocycles. The fraction of sp³-hybridized carbons (Fsp3) is 0.562. The van der Waals surface area contributed by atoms with Crippen molar-refractivity contribution in [2.45, 2.75) is 26.0 Å². The topological polar surface area (TPSA) is 38.8 Å². The van der Waals surface area contributed by atoms with Crippen molar-refractivity contribution in [1.29, 1.82) is 0 Å². The van der Waals surface area contributed by atoms with Gasteiger partial charge in [-0.3, -0.25) is 4.79 Å². The van der Waals surface area contributed by atoms with Crippen LogP contribution < -0.4 is 0 Å². The zero-order chi connectivity index (χ0) is 14.5. The standard InChI is InChI=1S/C16H23NO3/c1-12(2)15(13-7-5-4-6-8-13)17(3)16(18)14-11-19-9-10-20-14/h4-8,12,14-15H,9-11H2,1-3H3/t14-,15+/m1/s1. The van der Waals surface area contributed by atoms with E-state index in [4.69, 9.17) is 9.47 Å². The average Bonchev–Trinajstić information content (AvgIpc) is 2.48. The van der Waals surface area contributed by atoms with Gasteiger partial charge in [0.25, 0.3) is 5.91 Å². The zero-order valence-corrected chi connectivity index (χ0v) is 12.4. The summed E-state index contributed by atoms with van der Waals surface area (Å²) in [6.07, 6.45) is -0.473. The van der Waals surface area contributed by atoms with Gasteiger partial charge in [0.05, 0.1) is 25.9 Å². The van der Waals surface area contributed by atoms with Crippen molar-refractivity contribution in [2.75, 3.05) is 26.9 Å². The summed E-state index contributed by atoms with van der Waals surface area (Å²) in [7, 11) is 1.85. The summed E-state index contributed by atoms with van der Waals surface area (Å²) in [6.45, 7) is 5.66. The zero-order valence-electron chi connectivity index (χ0n) is 12.4. The number of amides is 1. The summed E-state index contributed by atoms with van der Waals surface area (Å²) >= 11 is 0. The fourth-order valence-corrected chi connectivity index (χ4v) is 2.70. The largest absolute Gasteiger partial charge is 0.376 e. The number of likely N-dealkylation sites (N-methyl/N-ethyl adjacent to an activating group) is 1. The van der Waals surface area contributed by atoms with Crippen LogP contribution >= 0.6 is 0 Å². The Kier molecular flexibility index (Phi) is 5.15. The molecular weight excluding hydrogens is 254 g/mol. The summed E-state index contributed by atoms with van der Waals surface area (Å²) in [5, 5.41) is 0. The van der Waals surface area contributed by atoms with Crippen molar-refractivity contribution < 1.29 is 14.3 Å². The molecule has 2 atom stereocenters. The van der Waals surface area contributed by atoms with Crippen LogP contribution in [-0.2, 0) is 14.3 Å². The molecule has 0 N–H and O–H groups in total. The summed E-state index contributed by atoms with van der Waals surface area (Å²) < 4.78 is 10.8. The molecule has 1 aliphatic heterocycles. The first-order valence-electron chi connectivity index (χ1n) is 7.12. The van der Waals surface area contributed by atoms with E-state index < -0.39 is 6.10 Å². The van der Waals surface area contributed by atoms with E-state index in [0.29, 0.717) is 25.7 Å². The van der Waals surface area contributed by atoms with Crippen LogP contribution in [0.1, 0.15) is 25.5 Å². The summed E-state index contributed by atoms with van der Waals surface area (Å²) in [5.41, 5.74) is 1.15. The number of hydrogen-bond acceptors (Lipinski definition) is 3. The third kappa shape index (κ3) is 3.38. The highest BCUT2D eigenvalue weighted by atomic mass is 16.6. The van der Waals surface area contributed by atoms with Crippen molar-refractivity contribution in [1.82, 2.24) is 4.90 Å². The maximum absolute atomic E-state index is 12.5. The Hall–Kier alpha value is -1.39. The molecule has 0 spiro atoms. The highest BCUT2D eigenvalue weighted by Gasteiger charge is 2.31. The predicted octanol–water partition coefficient (Wildman–Crippen LogP) is 2.26. The molecule has 0 radical (unpaired) electrons. The normalized spacial score (nSPS) is 20.7. The van der Waals surface area contributed by atoms with Gasteiger partial charge in [-0.1, -0.05) is 44.2 Å². The van der Waals surface area contributed by atoms with Gasteiger partial charge in [0.2, 0.25) is 0 Å². The SMILES string of the molecule is CC(C)[C@@H](c1ccccc1)N(C)C(=O)[C@H]1COCCO1. The van der Waals surface area contributed by atoms with Gasteiger partial charge in [0.15, 0.2) is 6.10 Å². The Morgan fingerprint density at radius 1 is 1.25 bits per heavy atom. The van der Waals surface area contributed by atoms with Gasteiger partial charge in [0.1, 0.15) is 0 Å². The second-order valence-electron chi connectivity index (χ2n) is 5.48. The van der Waals surface area contributed by atoms with E-state index in [1.165, 1.54) is 0 Å². The third-order valence-corrected chi connectivity index (χ3v) is 3.63. The molecule has 0 saturated carbocycles. The molecule has 0 unspecified atom stereocenters. The van der Waals surface area contributed by atoms with E-state index in [1.54, 1.807) is 4.90 Å². The molecule has 1 heterocycles. The molecule has 0 bridgehead atoms. The van der Waals surface area contributed by atoms with Crippen LogP contribution in [0, 0.1) is 5.92 Å². The fourth-order valence-electron chi connectivity index (χ4n) is 2.70. The summed E-state index contributed by atoms with van der Waals surface area (Å²) in [4.78, 5) is 14.3. The van der Waals surface area contributed by atoms with Gasteiger partial charge >= 0.3 is 0 Å². The first kappa shape index (κ1) is 15.0. The van der Waals surface area contributed by atoms with Gasteiger partial charge in [-0.15, -0.1) is 0 Å². The number of hydrogen-bond donors (Lipinski definition) is 0. The highest BCUT2D eigenvalue weighted by molar-refractivity contribution is 5.81. The van der Waals surface area contributed by atoms with Gasteiger partial charge in [0, 0.05) is 7.05 Å². The lowest BCUT2D eigenvalue weighted by Crippen LogP contribution is -2.46. The van der Waals surface area contributed by atoms with E-state index in [-0.39, 0.29) is 11.9 Å². The van der Waals surface area contributed by atoms with Crippen molar-refractivity contribution >= 4 is 5.91 Å².